The predicted octanol–water partition coefficient (Wildman–Crippen LogP) is 3.88. The summed E-state index contributed by atoms with van der Waals surface area (Å²) in [5, 5.41) is 0.843. The fourth-order valence-electron chi connectivity index (χ4n) is 0.901. The molecule has 0 aliphatic carbocycles. The second-order valence-corrected chi connectivity index (χ2v) is 4.08. The maximum atomic E-state index is 6.04. The zero-order chi connectivity index (χ0) is 8.43. The zero-order valence-electron chi connectivity index (χ0n) is 6.27. The molecule has 1 atom stereocenters. The van der Waals surface area contributed by atoms with Crippen LogP contribution in [0.4, 0.5) is 0 Å². The fourth-order valence-corrected chi connectivity index (χ4v) is 1.73. The molecule has 0 nitrogen and oxygen atoms in total. The average molecular weight is 280 g/mol. The van der Waals surface area contributed by atoms with Crippen molar-refractivity contribution in [1.82, 2.24) is 0 Å². The SMILES string of the molecule is [CH2]C(C)c1cccc(I)c1Cl. The van der Waals surface area contributed by atoms with E-state index in [2.05, 4.69) is 29.5 Å². The largest absolute Gasteiger partial charge is 0.0829 e. The van der Waals surface area contributed by atoms with Crippen LogP contribution >= 0.6 is 34.2 Å². The van der Waals surface area contributed by atoms with Crippen LogP contribution in [0.15, 0.2) is 18.2 Å². The summed E-state index contributed by atoms with van der Waals surface area (Å²) in [5.41, 5.74) is 1.12. The fraction of sp³-hybridized carbons (Fsp3) is 0.222. The topological polar surface area (TPSA) is 0 Å². The lowest BCUT2D eigenvalue weighted by atomic mass is 10.0. The van der Waals surface area contributed by atoms with E-state index in [1.54, 1.807) is 0 Å². The van der Waals surface area contributed by atoms with Gasteiger partial charge in [-0.2, -0.15) is 0 Å². The first-order chi connectivity index (χ1) is 5.13. The minimum absolute atomic E-state index is 0.261. The molecule has 0 bridgehead atoms. The van der Waals surface area contributed by atoms with Gasteiger partial charge in [0, 0.05) is 3.57 Å². The summed E-state index contributed by atoms with van der Waals surface area (Å²) in [6, 6.07) is 6.02. The van der Waals surface area contributed by atoms with E-state index in [9.17, 15) is 0 Å². The molecule has 1 aromatic rings. The first kappa shape index (κ1) is 9.33. The molecule has 0 aliphatic heterocycles. The quantitative estimate of drug-likeness (QED) is 0.684. The molecule has 0 aromatic heterocycles. The van der Waals surface area contributed by atoms with Crippen LogP contribution in [0, 0.1) is 10.5 Å². The lowest BCUT2D eigenvalue weighted by Crippen LogP contribution is -1.90. The highest BCUT2D eigenvalue weighted by atomic mass is 127. The van der Waals surface area contributed by atoms with Gasteiger partial charge in [-0.1, -0.05) is 30.7 Å². The van der Waals surface area contributed by atoms with Crippen LogP contribution < -0.4 is 0 Å². The van der Waals surface area contributed by atoms with E-state index in [4.69, 9.17) is 11.6 Å². The molecule has 0 spiro atoms. The molecule has 0 aliphatic rings. The Morgan fingerprint density at radius 1 is 1.55 bits per heavy atom. The second-order valence-electron chi connectivity index (χ2n) is 2.54. The number of halogens is 2. The third kappa shape index (κ3) is 2.09. The smallest absolute Gasteiger partial charge is 0.0574 e. The van der Waals surface area contributed by atoms with Gasteiger partial charge in [-0.15, -0.1) is 0 Å². The monoisotopic (exact) mass is 279 g/mol. The van der Waals surface area contributed by atoms with Crippen molar-refractivity contribution in [2.24, 2.45) is 0 Å². The van der Waals surface area contributed by atoms with E-state index in [1.807, 2.05) is 25.1 Å². The molecule has 59 valence electrons. The molecular weight excluding hydrogens is 270 g/mol. The summed E-state index contributed by atoms with van der Waals surface area (Å²) in [6.45, 7) is 5.96. The molecule has 1 aromatic carbocycles. The highest BCUT2D eigenvalue weighted by molar-refractivity contribution is 14.1. The van der Waals surface area contributed by atoms with E-state index in [0.29, 0.717) is 0 Å². The Balaban J connectivity index is 3.17. The van der Waals surface area contributed by atoms with E-state index in [1.165, 1.54) is 0 Å². The van der Waals surface area contributed by atoms with Crippen molar-refractivity contribution in [1.29, 1.82) is 0 Å². The molecule has 0 fully saturated rings. The van der Waals surface area contributed by atoms with Crippen LogP contribution in [-0.4, -0.2) is 0 Å². The highest BCUT2D eigenvalue weighted by Gasteiger charge is 2.06. The van der Waals surface area contributed by atoms with Gasteiger partial charge in [0.25, 0.3) is 0 Å². The van der Waals surface area contributed by atoms with Gasteiger partial charge in [0.1, 0.15) is 0 Å². The van der Waals surface area contributed by atoms with Crippen molar-refractivity contribution in [2.75, 3.05) is 0 Å². The molecule has 1 unspecified atom stereocenters. The summed E-state index contributed by atoms with van der Waals surface area (Å²) in [5.74, 6) is 0.261. The van der Waals surface area contributed by atoms with Gasteiger partial charge < -0.3 is 0 Å². The maximum absolute atomic E-state index is 6.04. The Bertz CT molecular complexity index is 256. The molecule has 11 heavy (non-hydrogen) atoms. The zero-order valence-corrected chi connectivity index (χ0v) is 9.19. The molecule has 0 N–H and O–H groups in total. The van der Waals surface area contributed by atoms with Crippen molar-refractivity contribution in [2.45, 2.75) is 12.8 Å². The van der Waals surface area contributed by atoms with Crippen molar-refractivity contribution in [3.8, 4) is 0 Å². The number of hydrogen-bond donors (Lipinski definition) is 0. The third-order valence-corrected chi connectivity index (χ3v) is 3.15. The van der Waals surface area contributed by atoms with E-state index >= 15 is 0 Å². The molecule has 0 saturated heterocycles. The lowest BCUT2D eigenvalue weighted by molar-refractivity contribution is 0.963. The standard InChI is InChI=1S/C9H9ClI/c1-6(2)7-4-3-5-8(11)9(7)10/h3-6H,1H2,2H3. The average Bonchev–Trinajstić information content (AvgIpc) is 1.94. The van der Waals surface area contributed by atoms with Crippen molar-refractivity contribution in [3.63, 3.8) is 0 Å². The van der Waals surface area contributed by atoms with Gasteiger partial charge in [-0.3, -0.25) is 0 Å². The molecule has 0 saturated carbocycles. The van der Waals surface area contributed by atoms with E-state index in [0.717, 1.165) is 14.2 Å². The minimum atomic E-state index is 0.261. The first-order valence-electron chi connectivity index (χ1n) is 3.40. The Morgan fingerprint density at radius 2 is 2.18 bits per heavy atom. The summed E-state index contributed by atoms with van der Waals surface area (Å²) >= 11 is 8.26. The summed E-state index contributed by atoms with van der Waals surface area (Å²) in [7, 11) is 0. The predicted molar refractivity (Wildman–Crippen MR) is 57.9 cm³/mol. The van der Waals surface area contributed by atoms with Crippen LogP contribution in [0.5, 0.6) is 0 Å². The second kappa shape index (κ2) is 3.76. The van der Waals surface area contributed by atoms with Gasteiger partial charge in [0.15, 0.2) is 0 Å². The Hall–Kier alpha value is 0.240. The van der Waals surface area contributed by atoms with Crippen LogP contribution in [0.1, 0.15) is 18.4 Å². The number of hydrogen-bond acceptors (Lipinski definition) is 0. The van der Waals surface area contributed by atoms with Crippen molar-refractivity contribution >= 4 is 34.2 Å². The van der Waals surface area contributed by atoms with Gasteiger partial charge in [0.2, 0.25) is 0 Å². The number of benzene rings is 1. The lowest BCUT2D eigenvalue weighted by Gasteiger charge is -2.08. The maximum Gasteiger partial charge on any atom is 0.0574 e. The van der Waals surface area contributed by atoms with Crippen LogP contribution in [0.25, 0.3) is 0 Å². The molecule has 2 heteroatoms. The molecule has 0 heterocycles. The van der Waals surface area contributed by atoms with Crippen molar-refractivity contribution < 1.29 is 0 Å². The number of rotatable bonds is 1. The summed E-state index contributed by atoms with van der Waals surface area (Å²) in [4.78, 5) is 0. The Labute approximate surface area is 86.1 Å². The normalized spacial score (nSPS) is 10.6. The summed E-state index contributed by atoms with van der Waals surface area (Å²) < 4.78 is 1.09. The van der Waals surface area contributed by atoms with Gasteiger partial charge >= 0.3 is 0 Å². The Kier molecular flexibility index (Phi) is 3.19. The molecule has 0 amide bonds. The van der Waals surface area contributed by atoms with Gasteiger partial charge in [-0.05, 0) is 47.1 Å². The van der Waals surface area contributed by atoms with E-state index in [-0.39, 0.29) is 5.92 Å². The van der Waals surface area contributed by atoms with Crippen LogP contribution in [0.2, 0.25) is 5.02 Å². The van der Waals surface area contributed by atoms with Gasteiger partial charge in [-0.25, -0.2) is 0 Å². The van der Waals surface area contributed by atoms with E-state index < -0.39 is 0 Å². The molecule has 1 radical (unpaired) electrons. The van der Waals surface area contributed by atoms with Crippen LogP contribution in [0.3, 0.4) is 0 Å². The molecular formula is C9H9ClI. The minimum Gasteiger partial charge on any atom is -0.0829 e. The first-order valence-corrected chi connectivity index (χ1v) is 4.85. The Morgan fingerprint density at radius 3 is 2.64 bits per heavy atom. The molecule has 1 rings (SSSR count). The van der Waals surface area contributed by atoms with Crippen molar-refractivity contribution in [3.05, 3.63) is 39.3 Å². The third-order valence-electron chi connectivity index (χ3n) is 1.51. The highest BCUT2D eigenvalue weighted by Crippen LogP contribution is 2.27. The summed E-state index contributed by atoms with van der Waals surface area (Å²) in [6.07, 6.45) is 0. The van der Waals surface area contributed by atoms with Gasteiger partial charge in [0.05, 0.1) is 5.02 Å². The van der Waals surface area contributed by atoms with Crippen LogP contribution in [-0.2, 0) is 0 Å².